The normalized spacial score (nSPS) is 21.4. The number of alkyl halides is 3. The summed E-state index contributed by atoms with van der Waals surface area (Å²) in [6, 6.07) is 3.72. The topological polar surface area (TPSA) is 109 Å². The van der Waals surface area contributed by atoms with E-state index in [4.69, 9.17) is 14.0 Å². The smallest absolute Gasteiger partial charge is 0.390 e. The maximum absolute atomic E-state index is 13.5. The fourth-order valence-corrected chi connectivity index (χ4v) is 4.45. The Labute approximate surface area is 225 Å². The number of methoxy groups -OCH3 is 1. The van der Waals surface area contributed by atoms with E-state index in [2.05, 4.69) is 15.8 Å². The van der Waals surface area contributed by atoms with Crippen LogP contribution in [-0.2, 0) is 4.74 Å². The molecule has 0 radical (unpaired) electrons. The van der Waals surface area contributed by atoms with Crippen molar-refractivity contribution in [1.82, 2.24) is 15.0 Å². The molecule has 2 aromatic rings. The van der Waals surface area contributed by atoms with E-state index in [-0.39, 0.29) is 48.9 Å². The largest absolute Gasteiger partial charge is 0.491 e. The first-order chi connectivity index (χ1) is 18.3. The first-order valence-electron chi connectivity index (χ1n) is 12.7. The maximum Gasteiger partial charge on any atom is 0.390 e. The molecule has 0 saturated heterocycles. The zero-order valence-electron chi connectivity index (χ0n) is 23.0. The molecule has 0 aliphatic carbocycles. The molecule has 0 saturated carbocycles. The number of anilines is 2. The molecule has 3 atom stereocenters. The van der Waals surface area contributed by atoms with Crippen molar-refractivity contribution in [2.24, 2.45) is 5.92 Å². The lowest BCUT2D eigenvalue weighted by molar-refractivity contribution is -0.140. The van der Waals surface area contributed by atoms with Gasteiger partial charge >= 0.3 is 12.2 Å². The summed E-state index contributed by atoms with van der Waals surface area (Å²) in [4.78, 5) is 29.3. The first-order valence-corrected chi connectivity index (χ1v) is 12.7. The molecular weight excluding hydrogens is 519 g/mol. The predicted octanol–water partition coefficient (Wildman–Crippen LogP) is 4.69. The molecule has 0 fully saturated rings. The third-order valence-corrected chi connectivity index (χ3v) is 6.79. The number of fused-ring (bicyclic) bond motifs is 1. The van der Waals surface area contributed by atoms with E-state index in [9.17, 15) is 22.8 Å². The summed E-state index contributed by atoms with van der Waals surface area (Å²) in [6.07, 6.45) is -5.64. The second-order valence-corrected chi connectivity index (χ2v) is 9.95. The molecule has 0 unspecified atom stereocenters. The second-order valence-electron chi connectivity index (χ2n) is 9.95. The number of ether oxygens (including phenoxy) is 2. The van der Waals surface area contributed by atoms with E-state index < -0.39 is 24.7 Å². The number of nitrogens with one attached hydrogen (secondary N) is 2. The summed E-state index contributed by atoms with van der Waals surface area (Å²) in [6.45, 7) is 7.48. The Balaban J connectivity index is 1.87. The Kier molecular flexibility index (Phi) is 9.83. The second kappa shape index (κ2) is 12.7. The molecule has 216 valence electrons. The first kappa shape index (κ1) is 30.2. The number of carbonyl (C=O) groups is 2. The van der Waals surface area contributed by atoms with Crippen molar-refractivity contribution in [2.75, 3.05) is 51.0 Å². The quantitative estimate of drug-likeness (QED) is 0.551. The zero-order chi connectivity index (χ0) is 28.9. The number of hydrogen-bond acceptors (Lipinski definition) is 7. The van der Waals surface area contributed by atoms with Crippen LogP contribution in [0.15, 0.2) is 22.7 Å². The summed E-state index contributed by atoms with van der Waals surface area (Å²) in [5, 5.41) is 9.18. The molecule has 1 aliphatic heterocycles. The minimum absolute atomic E-state index is 0.0610. The van der Waals surface area contributed by atoms with Crippen molar-refractivity contribution < 1.29 is 36.8 Å². The number of nitrogens with zero attached hydrogens (tertiary/aromatic N) is 3. The molecule has 3 amide bonds. The fourth-order valence-electron chi connectivity index (χ4n) is 4.45. The van der Waals surface area contributed by atoms with Gasteiger partial charge in [0.15, 0.2) is 5.76 Å². The van der Waals surface area contributed by atoms with Crippen LogP contribution in [0.2, 0.25) is 0 Å². The number of urea groups is 1. The van der Waals surface area contributed by atoms with E-state index >= 15 is 0 Å². The Morgan fingerprint density at radius 3 is 2.54 bits per heavy atom. The lowest BCUT2D eigenvalue weighted by Crippen LogP contribution is -2.47. The van der Waals surface area contributed by atoms with E-state index in [1.165, 1.54) is 18.1 Å². The van der Waals surface area contributed by atoms with Crippen molar-refractivity contribution in [3.8, 4) is 5.75 Å². The number of benzene rings is 1. The number of amides is 3. The van der Waals surface area contributed by atoms with Crippen molar-refractivity contribution in [3.05, 3.63) is 35.2 Å². The van der Waals surface area contributed by atoms with Gasteiger partial charge in [0.05, 0.1) is 18.1 Å². The number of aromatic nitrogens is 1. The number of likely N-dealkylation sites (N-methyl/N-ethyl adjacent to an activating group) is 1. The highest BCUT2D eigenvalue weighted by molar-refractivity contribution is 6.02. The van der Waals surface area contributed by atoms with Gasteiger partial charge in [0.2, 0.25) is 0 Å². The minimum Gasteiger partial charge on any atom is -0.491 e. The summed E-state index contributed by atoms with van der Waals surface area (Å²) < 4.78 is 55.7. The van der Waals surface area contributed by atoms with Crippen molar-refractivity contribution in [2.45, 2.75) is 52.4 Å². The number of halogens is 3. The van der Waals surface area contributed by atoms with Crippen LogP contribution in [0.5, 0.6) is 5.75 Å². The Bertz CT molecular complexity index is 1140. The number of aryl methyl sites for hydroxylation is 2. The summed E-state index contributed by atoms with van der Waals surface area (Å²) in [7, 11) is 3.14. The minimum atomic E-state index is -4.28. The van der Waals surface area contributed by atoms with Crippen LogP contribution >= 0.6 is 0 Å². The van der Waals surface area contributed by atoms with Crippen LogP contribution in [0.4, 0.5) is 29.3 Å². The third-order valence-electron chi connectivity index (χ3n) is 6.79. The molecule has 1 aliphatic rings. The van der Waals surface area contributed by atoms with E-state index in [0.29, 0.717) is 29.4 Å². The van der Waals surface area contributed by atoms with Gasteiger partial charge in [-0.15, -0.1) is 0 Å². The summed E-state index contributed by atoms with van der Waals surface area (Å²) in [5.74, 6) is 0.191. The van der Waals surface area contributed by atoms with Crippen LogP contribution in [0.25, 0.3) is 0 Å². The highest BCUT2D eigenvalue weighted by Crippen LogP contribution is 2.28. The van der Waals surface area contributed by atoms with E-state index in [1.54, 1.807) is 44.9 Å². The van der Waals surface area contributed by atoms with Crippen LogP contribution in [-0.4, -0.2) is 85.6 Å². The third kappa shape index (κ3) is 8.09. The van der Waals surface area contributed by atoms with Crippen molar-refractivity contribution >= 4 is 23.3 Å². The standard InChI is InChI=1S/C26H36F3N5O5/c1-15-12-34(10-9-26(27,28)29)16(2)14-38-21-8-7-19(11-20(21)24(35)33(5)13-22(15)37-6)30-25(36)31-23-17(3)32-39-18(23)4/h7-8,11,15-16,22H,9-10,12-14H2,1-6H3,(H2,30,31,36)/t15-,16-,22+/m1/s1. The highest BCUT2D eigenvalue weighted by atomic mass is 19.4. The fraction of sp³-hybridized carbons (Fsp3) is 0.577. The van der Waals surface area contributed by atoms with Gasteiger partial charge in [-0.1, -0.05) is 12.1 Å². The Morgan fingerprint density at radius 1 is 1.21 bits per heavy atom. The predicted molar refractivity (Wildman–Crippen MR) is 139 cm³/mol. The van der Waals surface area contributed by atoms with Crippen LogP contribution in [0.3, 0.4) is 0 Å². The lowest BCUT2D eigenvalue weighted by atomic mass is 10.0. The van der Waals surface area contributed by atoms with Gasteiger partial charge in [-0.05, 0) is 44.9 Å². The molecule has 2 heterocycles. The summed E-state index contributed by atoms with van der Waals surface area (Å²) in [5.41, 5.74) is 1.50. The summed E-state index contributed by atoms with van der Waals surface area (Å²) >= 11 is 0. The van der Waals surface area contributed by atoms with Gasteiger partial charge in [0, 0.05) is 45.5 Å². The molecule has 0 bridgehead atoms. The molecule has 1 aromatic heterocycles. The van der Waals surface area contributed by atoms with E-state index in [0.717, 1.165) is 0 Å². The zero-order valence-corrected chi connectivity index (χ0v) is 23.0. The molecule has 13 heteroatoms. The molecule has 39 heavy (non-hydrogen) atoms. The molecule has 10 nitrogen and oxygen atoms in total. The van der Waals surface area contributed by atoms with Crippen molar-refractivity contribution in [3.63, 3.8) is 0 Å². The number of carbonyl (C=O) groups excluding carboxylic acids is 2. The molecule has 2 N–H and O–H groups in total. The number of rotatable bonds is 5. The van der Waals surface area contributed by atoms with Gasteiger partial charge in [-0.2, -0.15) is 13.2 Å². The average Bonchev–Trinajstić information content (AvgIpc) is 3.18. The average molecular weight is 556 g/mol. The van der Waals surface area contributed by atoms with Gasteiger partial charge in [0.1, 0.15) is 23.7 Å². The molecule has 0 spiro atoms. The van der Waals surface area contributed by atoms with Gasteiger partial charge in [0.25, 0.3) is 5.91 Å². The lowest BCUT2D eigenvalue weighted by Gasteiger charge is -2.36. The van der Waals surface area contributed by atoms with Crippen LogP contribution in [0.1, 0.15) is 42.1 Å². The SMILES string of the molecule is CO[C@H]1CN(C)C(=O)c2cc(NC(=O)Nc3c(C)noc3C)ccc2OC[C@@H](C)N(CCC(F)(F)F)C[C@H]1C. The van der Waals surface area contributed by atoms with Gasteiger partial charge in [-0.3, -0.25) is 9.69 Å². The van der Waals surface area contributed by atoms with Gasteiger partial charge < -0.3 is 29.5 Å². The van der Waals surface area contributed by atoms with Gasteiger partial charge in [-0.25, -0.2) is 4.79 Å². The molecule has 3 rings (SSSR count). The van der Waals surface area contributed by atoms with Crippen molar-refractivity contribution in [1.29, 1.82) is 0 Å². The maximum atomic E-state index is 13.5. The van der Waals surface area contributed by atoms with Crippen LogP contribution < -0.4 is 15.4 Å². The monoisotopic (exact) mass is 555 g/mol. The van der Waals surface area contributed by atoms with Crippen LogP contribution in [0, 0.1) is 19.8 Å². The molecule has 1 aromatic carbocycles. The Morgan fingerprint density at radius 2 is 1.92 bits per heavy atom. The molecular formula is C26H36F3N5O5. The Hall–Kier alpha value is -3.32. The van der Waals surface area contributed by atoms with E-state index in [1.807, 2.05) is 6.92 Å². The highest BCUT2D eigenvalue weighted by Gasteiger charge is 2.32. The number of hydrogen-bond donors (Lipinski definition) is 2.